The van der Waals surface area contributed by atoms with Gasteiger partial charge >= 0.3 is 0 Å². The Morgan fingerprint density at radius 1 is 1.30 bits per heavy atom. The molecule has 0 aliphatic carbocycles. The van der Waals surface area contributed by atoms with Crippen LogP contribution in [0.25, 0.3) is 0 Å². The second-order valence-corrected chi connectivity index (χ2v) is 5.98. The summed E-state index contributed by atoms with van der Waals surface area (Å²) in [4.78, 5) is 23.7. The summed E-state index contributed by atoms with van der Waals surface area (Å²) in [7, 11) is 0. The summed E-state index contributed by atoms with van der Waals surface area (Å²) >= 11 is 2.92. The van der Waals surface area contributed by atoms with Crippen molar-refractivity contribution in [1.29, 1.82) is 0 Å². The van der Waals surface area contributed by atoms with Crippen LogP contribution in [0.5, 0.6) is 0 Å². The molecule has 0 spiro atoms. The van der Waals surface area contributed by atoms with Gasteiger partial charge in [0.1, 0.15) is 4.88 Å². The molecule has 2 aromatic heterocycles. The Bertz CT molecular complexity index is 561. The Kier molecular flexibility index (Phi) is 5.08. The maximum absolute atomic E-state index is 12.5. The van der Waals surface area contributed by atoms with E-state index in [1.54, 1.807) is 6.20 Å². The Balaban J connectivity index is 2.24. The fraction of sp³-hybridized carbons (Fsp3) is 0.462. The van der Waals surface area contributed by atoms with Crippen molar-refractivity contribution in [3.63, 3.8) is 0 Å². The zero-order valence-electron chi connectivity index (χ0n) is 11.8. The molecule has 0 atom stereocenters. The van der Waals surface area contributed by atoms with Gasteiger partial charge in [0, 0.05) is 24.7 Å². The molecule has 2 rings (SSSR count). The molecule has 0 unspecified atom stereocenters. The average molecular weight is 310 g/mol. The lowest BCUT2D eigenvalue weighted by atomic mass is 10.2. The van der Waals surface area contributed by atoms with E-state index in [4.69, 9.17) is 0 Å². The molecule has 0 radical (unpaired) electrons. The molecule has 20 heavy (non-hydrogen) atoms. The molecule has 7 heteroatoms. The molecule has 2 heterocycles. The fourth-order valence-corrected chi connectivity index (χ4v) is 3.46. The topological polar surface area (TPSA) is 58.1 Å². The van der Waals surface area contributed by atoms with Gasteiger partial charge in [-0.05, 0) is 20.3 Å². The number of rotatable bonds is 6. The van der Waals surface area contributed by atoms with Crippen LogP contribution in [0.3, 0.4) is 0 Å². The smallest absolute Gasteiger partial charge is 0.265 e. The van der Waals surface area contributed by atoms with Gasteiger partial charge < -0.3 is 10.2 Å². The lowest BCUT2D eigenvalue weighted by molar-refractivity contribution is 0.0776. The molecule has 5 nitrogen and oxygen atoms in total. The first kappa shape index (κ1) is 14.9. The van der Waals surface area contributed by atoms with Gasteiger partial charge in [-0.15, -0.1) is 11.3 Å². The maximum Gasteiger partial charge on any atom is 0.265 e. The molecule has 0 aliphatic heterocycles. The highest BCUT2D eigenvalue weighted by molar-refractivity contribution is 7.18. The van der Waals surface area contributed by atoms with Gasteiger partial charge in [0.25, 0.3) is 5.91 Å². The van der Waals surface area contributed by atoms with E-state index >= 15 is 0 Å². The van der Waals surface area contributed by atoms with Gasteiger partial charge in [-0.3, -0.25) is 4.79 Å². The van der Waals surface area contributed by atoms with Crippen LogP contribution in [0.4, 0.5) is 10.3 Å². The van der Waals surface area contributed by atoms with E-state index in [9.17, 15) is 4.79 Å². The number of aryl methyl sites for hydroxylation is 1. The van der Waals surface area contributed by atoms with Gasteiger partial charge in [0.05, 0.1) is 5.69 Å². The molecule has 2 aromatic rings. The van der Waals surface area contributed by atoms with Crippen molar-refractivity contribution in [2.45, 2.75) is 27.2 Å². The van der Waals surface area contributed by atoms with Crippen LogP contribution in [0.2, 0.25) is 0 Å². The van der Waals surface area contributed by atoms with Crippen LogP contribution in [0, 0.1) is 0 Å². The summed E-state index contributed by atoms with van der Waals surface area (Å²) in [6.07, 6.45) is 2.49. The highest BCUT2D eigenvalue weighted by Crippen LogP contribution is 2.28. The predicted octanol–water partition coefficient (Wildman–Crippen LogP) is 3.39. The number of nitrogens with one attached hydrogen (secondary N) is 1. The third-order valence-corrected chi connectivity index (χ3v) is 4.61. The van der Waals surface area contributed by atoms with Gasteiger partial charge in [-0.1, -0.05) is 18.3 Å². The van der Waals surface area contributed by atoms with Crippen molar-refractivity contribution in [3.8, 4) is 0 Å². The van der Waals surface area contributed by atoms with Crippen LogP contribution in [-0.2, 0) is 6.42 Å². The van der Waals surface area contributed by atoms with Crippen molar-refractivity contribution in [2.24, 2.45) is 0 Å². The van der Waals surface area contributed by atoms with Crippen LogP contribution < -0.4 is 5.32 Å². The minimum atomic E-state index is 0.0662. The minimum Gasteiger partial charge on any atom is -0.338 e. The zero-order chi connectivity index (χ0) is 14.5. The molecule has 1 amide bonds. The molecular weight excluding hydrogens is 292 g/mol. The van der Waals surface area contributed by atoms with E-state index < -0.39 is 0 Å². The summed E-state index contributed by atoms with van der Waals surface area (Å²) in [6.45, 7) is 7.42. The number of nitrogens with zero attached hydrogens (tertiary/aromatic N) is 3. The van der Waals surface area contributed by atoms with Crippen molar-refractivity contribution in [3.05, 3.63) is 22.1 Å². The first-order chi connectivity index (χ1) is 9.69. The number of amides is 1. The van der Waals surface area contributed by atoms with Gasteiger partial charge in [-0.25, -0.2) is 9.97 Å². The Hall–Kier alpha value is -1.47. The third kappa shape index (κ3) is 3.16. The second-order valence-electron chi connectivity index (χ2n) is 4.09. The number of thiazole rings is 2. The van der Waals surface area contributed by atoms with Crippen LogP contribution >= 0.6 is 22.7 Å². The van der Waals surface area contributed by atoms with E-state index in [-0.39, 0.29) is 5.91 Å². The van der Waals surface area contributed by atoms with E-state index in [1.807, 2.05) is 31.1 Å². The quantitative estimate of drug-likeness (QED) is 0.888. The number of carbonyl (C=O) groups is 1. The van der Waals surface area contributed by atoms with Gasteiger partial charge in [-0.2, -0.15) is 0 Å². The van der Waals surface area contributed by atoms with Crippen LogP contribution in [-0.4, -0.2) is 33.9 Å². The molecule has 0 bridgehead atoms. The number of aromatic nitrogens is 2. The van der Waals surface area contributed by atoms with Crippen LogP contribution in [0.1, 0.15) is 36.1 Å². The summed E-state index contributed by atoms with van der Waals surface area (Å²) < 4.78 is 0. The summed E-state index contributed by atoms with van der Waals surface area (Å²) in [5, 5.41) is 6.58. The summed E-state index contributed by atoms with van der Waals surface area (Å²) in [5.41, 5.74) is 0.853. The zero-order valence-corrected chi connectivity index (χ0v) is 13.5. The third-order valence-electron chi connectivity index (χ3n) is 2.92. The van der Waals surface area contributed by atoms with Gasteiger partial charge in [0.15, 0.2) is 10.3 Å². The van der Waals surface area contributed by atoms with E-state index in [0.29, 0.717) is 13.1 Å². The van der Waals surface area contributed by atoms with Crippen molar-refractivity contribution >= 4 is 38.8 Å². The summed E-state index contributed by atoms with van der Waals surface area (Å²) in [5.74, 6) is 0.0662. The highest BCUT2D eigenvalue weighted by atomic mass is 32.1. The molecule has 0 aliphatic rings. The standard InChI is InChI=1S/C13H18N4OS2/c1-4-9-10(11(18)17(5-2)6-3)20-13(15-9)16-12-14-7-8-19-12/h7-8H,4-6H2,1-3H3,(H,14,15,16). The molecule has 0 saturated heterocycles. The molecule has 0 saturated carbocycles. The number of hydrogen-bond donors (Lipinski definition) is 1. The van der Waals surface area contributed by atoms with E-state index in [0.717, 1.165) is 27.3 Å². The first-order valence-electron chi connectivity index (χ1n) is 6.65. The van der Waals surface area contributed by atoms with Crippen LogP contribution in [0.15, 0.2) is 11.6 Å². The molecule has 1 N–H and O–H groups in total. The van der Waals surface area contributed by atoms with E-state index in [1.165, 1.54) is 22.7 Å². The average Bonchev–Trinajstić information content (AvgIpc) is 3.09. The second kappa shape index (κ2) is 6.81. The normalized spacial score (nSPS) is 10.6. The van der Waals surface area contributed by atoms with Crippen molar-refractivity contribution < 1.29 is 4.79 Å². The number of carbonyl (C=O) groups excluding carboxylic acids is 1. The monoisotopic (exact) mass is 310 g/mol. The fourth-order valence-electron chi connectivity index (χ4n) is 1.84. The molecule has 108 valence electrons. The SMILES string of the molecule is CCc1nc(Nc2nccs2)sc1C(=O)N(CC)CC. The predicted molar refractivity (Wildman–Crippen MR) is 84.1 cm³/mol. The molecule has 0 fully saturated rings. The molecular formula is C13H18N4OS2. The summed E-state index contributed by atoms with van der Waals surface area (Å²) in [6, 6.07) is 0. The van der Waals surface area contributed by atoms with E-state index in [2.05, 4.69) is 15.3 Å². The Morgan fingerprint density at radius 3 is 2.60 bits per heavy atom. The first-order valence-corrected chi connectivity index (χ1v) is 8.34. The Labute approximate surface area is 126 Å². The number of hydrogen-bond acceptors (Lipinski definition) is 6. The largest absolute Gasteiger partial charge is 0.338 e. The lowest BCUT2D eigenvalue weighted by Crippen LogP contribution is -2.30. The Morgan fingerprint density at radius 2 is 2.05 bits per heavy atom. The highest BCUT2D eigenvalue weighted by Gasteiger charge is 2.21. The number of anilines is 2. The molecule has 0 aromatic carbocycles. The van der Waals surface area contributed by atoms with Gasteiger partial charge in [0.2, 0.25) is 0 Å². The van der Waals surface area contributed by atoms with Crippen molar-refractivity contribution in [1.82, 2.24) is 14.9 Å². The lowest BCUT2D eigenvalue weighted by Gasteiger charge is -2.17. The van der Waals surface area contributed by atoms with Crippen molar-refractivity contribution in [2.75, 3.05) is 18.4 Å². The minimum absolute atomic E-state index is 0.0662. The maximum atomic E-state index is 12.5.